The van der Waals surface area contributed by atoms with Crippen LogP contribution in [0, 0.1) is 13.8 Å². The fraction of sp³-hybridized carbons (Fsp3) is 0.286. The molecule has 1 heterocycles. The van der Waals surface area contributed by atoms with Gasteiger partial charge in [-0.05, 0) is 49.7 Å². The smallest absolute Gasteiger partial charge is 0.0961 e. The molecule has 0 aliphatic heterocycles. The molecular formula is C14H15BrClNS. The van der Waals surface area contributed by atoms with E-state index in [2.05, 4.69) is 52.4 Å². The van der Waals surface area contributed by atoms with Crippen LogP contribution in [-0.4, -0.2) is 7.05 Å². The van der Waals surface area contributed by atoms with Gasteiger partial charge in [-0.25, -0.2) is 0 Å². The van der Waals surface area contributed by atoms with Crippen molar-refractivity contribution in [2.45, 2.75) is 19.9 Å². The van der Waals surface area contributed by atoms with E-state index in [0.717, 1.165) is 14.4 Å². The SMILES string of the molecule is CNC(c1ccc(Br)c(C)c1)c1cc(C)c(Cl)s1. The summed E-state index contributed by atoms with van der Waals surface area (Å²) in [7, 11) is 1.98. The van der Waals surface area contributed by atoms with E-state index in [1.807, 2.05) is 14.0 Å². The highest BCUT2D eigenvalue weighted by atomic mass is 79.9. The average molecular weight is 345 g/mol. The van der Waals surface area contributed by atoms with Gasteiger partial charge in [-0.1, -0.05) is 39.7 Å². The fourth-order valence-corrected chi connectivity index (χ4v) is 3.55. The number of halogens is 2. The van der Waals surface area contributed by atoms with Crippen LogP contribution >= 0.6 is 38.9 Å². The van der Waals surface area contributed by atoms with Gasteiger partial charge in [-0.3, -0.25) is 0 Å². The third-order valence-electron chi connectivity index (χ3n) is 2.96. The van der Waals surface area contributed by atoms with E-state index >= 15 is 0 Å². The molecule has 0 saturated carbocycles. The van der Waals surface area contributed by atoms with Crippen LogP contribution in [0.2, 0.25) is 4.34 Å². The molecule has 4 heteroatoms. The zero-order chi connectivity index (χ0) is 13.3. The second-order valence-corrected chi connectivity index (χ2v) is 6.88. The summed E-state index contributed by atoms with van der Waals surface area (Å²) in [4.78, 5) is 1.25. The maximum absolute atomic E-state index is 6.16. The lowest BCUT2D eigenvalue weighted by Gasteiger charge is -2.16. The largest absolute Gasteiger partial charge is 0.309 e. The minimum absolute atomic E-state index is 0.202. The Morgan fingerprint density at radius 3 is 2.44 bits per heavy atom. The molecule has 1 aromatic carbocycles. The van der Waals surface area contributed by atoms with Crippen molar-refractivity contribution < 1.29 is 0 Å². The molecule has 1 nitrogen and oxygen atoms in total. The molecule has 0 aliphatic rings. The van der Waals surface area contributed by atoms with Crippen LogP contribution in [0.15, 0.2) is 28.7 Å². The molecule has 1 N–H and O–H groups in total. The van der Waals surface area contributed by atoms with Gasteiger partial charge in [0.2, 0.25) is 0 Å². The molecule has 0 fully saturated rings. The Hall–Kier alpha value is -0.350. The summed E-state index contributed by atoms with van der Waals surface area (Å²) in [5, 5.41) is 3.36. The molecular weight excluding hydrogens is 330 g/mol. The Labute approximate surface area is 125 Å². The summed E-state index contributed by atoms with van der Waals surface area (Å²) in [6.07, 6.45) is 0. The molecule has 1 unspecified atom stereocenters. The first-order chi connectivity index (χ1) is 8.52. The van der Waals surface area contributed by atoms with E-state index in [-0.39, 0.29) is 6.04 Å². The minimum Gasteiger partial charge on any atom is -0.309 e. The molecule has 1 aromatic heterocycles. The summed E-state index contributed by atoms with van der Waals surface area (Å²) in [6.45, 7) is 4.15. The number of hydrogen-bond acceptors (Lipinski definition) is 2. The van der Waals surface area contributed by atoms with Crippen molar-refractivity contribution in [2.75, 3.05) is 7.05 Å². The van der Waals surface area contributed by atoms with Crippen LogP contribution in [0.4, 0.5) is 0 Å². The molecule has 2 rings (SSSR count). The zero-order valence-corrected chi connectivity index (χ0v) is 13.7. The second-order valence-electron chi connectivity index (χ2n) is 4.34. The van der Waals surface area contributed by atoms with Crippen molar-refractivity contribution in [1.29, 1.82) is 0 Å². The molecule has 96 valence electrons. The Kier molecular flexibility index (Phi) is 4.49. The molecule has 0 amide bonds. The van der Waals surface area contributed by atoms with Gasteiger partial charge < -0.3 is 5.32 Å². The Bertz CT molecular complexity index is 545. The Morgan fingerprint density at radius 2 is 1.94 bits per heavy atom. The normalized spacial score (nSPS) is 12.7. The van der Waals surface area contributed by atoms with E-state index in [0.29, 0.717) is 0 Å². The van der Waals surface area contributed by atoms with E-state index in [1.165, 1.54) is 16.0 Å². The van der Waals surface area contributed by atoms with Gasteiger partial charge in [-0.15, -0.1) is 11.3 Å². The van der Waals surface area contributed by atoms with Crippen molar-refractivity contribution in [3.63, 3.8) is 0 Å². The highest BCUT2D eigenvalue weighted by Crippen LogP contribution is 2.34. The predicted molar refractivity (Wildman–Crippen MR) is 83.8 cm³/mol. The van der Waals surface area contributed by atoms with Crippen LogP contribution in [0.1, 0.15) is 27.6 Å². The maximum atomic E-state index is 6.16. The van der Waals surface area contributed by atoms with Crippen LogP contribution in [0.3, 0.4) is 0 Å². The summed E-state index contributed by atoms with van der Waals surface area (Å²) >= 11 is 11.3. The number of thiophene rings is 1. The molecule has 18 heavy (non-hydrogen) atoms. The number of nitrogens with one attached hydrogen (secondary N) is 1. The lowest BCUT2D eigenvalue weighted by Crippen LogP contribution is -2.16. The first-order valence-corrected chi connectivity index (χ1v) is 7.71. The molecule has 2 aromatic rings. The van der Waals surface area contributed by atoms with E-state index in [4.69, 9.17) is 11.6 Å². The van der Waals surface area contributed by atoms with Gasteiger partial charge >= 0.3 is 0 Å². The number of hydrogen-bond donors (Lipinski definition) is 1. The second kappa shape index (κ2) is 5.74. The first kappa shape index (κ1) is 14.1. The summed E-state index contributed by atoms with van der Waals surface area (Å²) in [6, 6.07) is 8.80. The third kappa shape index (κ3) is 2.80. The van der Waals surface area contributed by atoms with Gasteiger partial charge in [0.1, 0.15) is 0 Å². The quantitative estimate of drug-likeness (QED) is 0.818. The highest BCUT2D eigenvalue weighted by molar-refractivity contribution is 9.10. The topological polar surface area (TPSA) is 12.0 Å². The van der Waals surface area contributed by atoms with E-state index in [9.17, 15) is 0 Å². The third-order valence-corrected chi connectivity index (χ3v) is 5.47. The van der Waals surface area contributed by atoms with Crippen LogP contribution in [-0.2, 0) is 0 Å². The van der Waals surface area contributed by atoms with E-state index in [1.54, 1.807) is 11.3 Å². The van der Waals surface area contributed by atoms with Gasteiger partial charge in [-0.2, -0.15) is 0 Å². The van der Waals surface area contributed by atoms with Gasteiger partial charge in [0.25, 0.3) is 0 Å². The minimum atomic E-state index is 0.202. The lowest BCUT2D eigenvalue weighted by molar-refractivity contribution is 0.703. The number of benzene rings is 1. The van der Waals surface area contributed by atoms with Crippen LogP contribution < -0.4 is 5.32 Å². The molecule has 1 atom stereocenters. The monoisotopic (exact) mass is 343 g/mol. The Balaban J connectivity index is 2.41. The molecule has 0 bridgehead atoms. The van der Waals surface area contributed by atoms with Gasteiger partial charge in [0, 0.05) is 9.35 Å². The zero-order valence-electron chi connectivity index (χ0n) is 10.6. The van der Waals surface area contributed by atoms with E-state index < -0.39 is 0 Å². The van der Waals surface area contributed by atoms with Crippen molar-refractivity contribution in [3.05, 3.63) is 54.6 Å². The number of rotatable bonds is 3. The summed E-state index contributed by atoms with van der Waals surface area (Å²) in [5.41, 5.74) is 3.65. The highest BCUT2D eigenvalue weighted by Gasteiger charge is 2.16. The van der Waals surface area contributed by atoms with Gasteiger partial charge in [0.15, 0.2) is 0 Å². The summed E-state index contributed by atoms with van der Waals surface area (Å²) < 4.78 is 2.01. The molecule has 0 saturated heterocycles. The molecule has 0 spiro atoms. The van der Waals surface area contributed by atoms with Crippen molar-refractivity contribution in [3.8, 4) is 0 Å². The lowest BCUT2D eigenvalue weighted by atomic mass is 10.0. The maximum Gasteiger partial charge on any atom is 0.0961 e. The van der Waals surface area contributed by atoms with Gasteiger partial charge in [0.05, 0.1) is 10.4 Å². The number of aryl methyl sites for hydroxylation is 2. The summed E-state index contributed by atoms with van der Waals surface area (Å²) in [5.74, 6) is 0. The first-order valence-electron chi connectivity index (χ1n) is 5.72. The standard InChI is InChI=1S/C14H15BrClNS/c1-8-6-10(4-5-11(8)15)13(17-3)12-7-9(2)14(16)18-12/h4-7,13,17H,1-3H3. The molecule has 0 aliphatic carbocycles. The average Bonchev–Trinajstić information content (AvgIpc) is 2.65. The van der Waals surface area contributed by atoms with Crippen molar-refractivity contribution in [1.82, 2.24) is 5.32 Å². The van der Waals surface area contributed by atoms with Crippen molar-refractivity contribution >= 4 is 38.9 Å². The van der Waals surface area contributed by atoms with Crippen LogP contribution in [0.5, 0.6) is 0 Å². The molecule has 0 radical (unpaired) electrons. The Morgan fingerprint density at radius 1 is 1.22 bits per heavy atom. The van der Waals surface area contributed by atoms with Crippen molar-refractivity contribution in [2.24, 2.45) is 0 Å². The van der Waals surface area contributed by atoms with Crippen LogP contribution in [0.25, 0.3) is 0 Å². The predicted octanol–water partition coefficient (Wildman–Crippen LogP) is 5.09. The fourth-order valence-electron chi connectivity index (χ4n) is 1.95.